The molecule has 1 fully saturated rings. The molecule has 1 aliphatic rings. The summed E-state index contributed by atoms with van der Waals surface area (Å²) in [6.45, 7) is 3.54. The summed E-state index contributed by atoms with van der Waals surface area (Å²) in [5, 5.41) is 2.89. The molecule has 0 saturated carbocycles. The first kappa shape index (κ1) is 18.0. The Bertz CT molecular complexity index is 721. The summed E-state index contributed by atoms with van der Waals surface area (Å²) >= 11 is 0. The highest BCUT2D eigenvalue weighted by atomic mass is 16.5. The quantitative estimate of drug-likeness (QED) is 0.851. The Labute approximate surface area is 152 Å². The van der Waals surface area contributed by atoms with Gasteiger partial charge >= 0.3 is 0 Å². The zero-order valence-corrected chi connectivity index (χ0v) is 15.0. The largest absolute Gasteiger partial charge is 0.497 e. The maximum Gasteiger partial charge on any atom is 0.251 e. The van der Waals surface area contributed by atoms with Crippen LogP contribution in [0, 0.1) is 0 Å². The minimum absolute atomic E-state index is 0.195. The van der Waals surface area contributed by atoms with Gasteiger partial charge in [-0.1, -0.05) is 6.07 Å². The molecule has 7 nitrogen and oxygen atoms in total. The van der Waals surface area contributed by atoms with E-state index in [1.54, 1.807) is 38.6 Å². The van der Waals surface area contributed by atoms with Gasteiger partial charge in [0, 0.05) is 37.5 Å². The van der Waals surface area contributed by atoms with Crippen molar-refractivity contribution in [3.63, 3.8) is 0 Å². The molecule has 1 aromatic heterocycles. The first-order chi connectivity index (χ1) is 12.7. The van der Waals surface area contributed by atoms with E-state index in [2.05, 4.69) is 15.2 Å². The van der Waals surface area contributed by atoms with Crippen LogP contribution < -0.4 is 19.7 Å². The number of nitrogens with zero attached hydrogens (tertiary/aromatic N) is 2. The summed E-state index contributed by atoms with van der Waals surface area (Å²) < 4.78 is 15.7. The highest BCUT2D eigenvalue weighted by molar-refractivity contribution is 5.95. The van der Waals surface area contributed by atoms with E-state index in [9.17, 15) is 4.79 Å². The molecular formula is C19H23N3O4. The molecule has 0 radical (unpaired) electrons. The standard InChI is InChI=1S/C19H23N3O4/c1-24-16-9-15(10-17(11-16)25-2)19(23)21-13-14-3-4-18(20-12-14)22-5-7-26-8-6-22/h3-4,9-12H,5-8,13H2,1-2H3,(H,21,23). The predicted octanol–water partition coefficient (Wildman–Crippen LogP) is 1.87. The first-order valence-corrected chi connectivity index (χ1v) is 8.48. The highest BCUT2D eigenvalue weighted by Gasteiger charge is 2.13. The molecule has 7 heteroatoms. The van der Waals surface area contributed by atoms with Crippen LogP contribution in [0.5, 0.6) is 11.5 Å². The minimum Gasteiger partial charge on any atom is -0.497 e. The molecule has 1 aromatic carbocycles. The highest BCUT2D eigenvalue weighted by Crippen LogP contribution is 2.22. The number of benzene rings is 1. The Balaban J connectivity index is 1.60. The lowest BCUT2D eigenvalue weighted by Crippen LogP contribution is -2.36. The second-order valence-electron chi connectivity index (χ2n) is 5.91. The SMILES string of the molecule is COc1cc(OC)cc(C(=O)NCc2ccc(N3CCOCC3)nc2)c1. The third-order valence-electron chi connectivity index (χ3n) is 4.21. The number of anilines is 1. The maximum absolute atomic E-state index is 12.4. The van der Waals surface area contributed by atoms with Crippen molar-refractivity contribution in [2.45, 2.75) is 6.54 Å². The van der Waals surface area contributed by atoms with E-state index in [0.29, 0.717) is 23.6 Å². The molecule has 1 saturated heterocycles. The lowest BCUT2D eigenvalue weighted by atomic mass is 10.1. The van der Waals surface area contributed by atoms with Crippen molar-refractivity contribution in [3.05, 3.63) is 47.7 Å². The summed E-state index contributed by atoms with van der Waals surface area (Å²) in [4.78, 5) is 19.1. The summed E-state index contributed by atoms with van der Waals surface area (Å²) in [5.74, 6) is 1.89. The number of carbonyl (C=O) groups excluding carboxylic acids is 1. The molecule has 0 spiro atoms. The van der Waals surface area contributed by atoms with Crippen molar-refractivity contribution in [1.82, 2.24) is 10.3 Å². The number of carbonyl (C=O) groups is 1. The van der Waals surface area contributed by atoms with E-state index in [4.69, 9.17) is 14.2 Å². The third-order valence-corrected chi connectivity index (χ3v) is 4.21. The Morgan fingerprint density at radius 2 is 1.85 bits per heavy atom. The van der Waals surface area contributed by atoms with Gasteiger partial charge in [0.05, 0.1) is 27.4 Å². The average molecular weight is 357 g/mol. The summed E-state index contributed by atoms with van der Waals surface area (Å²) in [5.41, 5.74) is 1.42. The van der Waals surface area contributed by atoms with Gasteiger partial charge in [-0.25, -0.2) is 4.98 Å². The number of hydrogen-bond donors (Lipinski definition) is 1. The molecule has 1 N–H and O–H groups in total. The zero-order chi connectivity index (χ0) is 18.4. The summed E-state index contributed by atoms with van der Waals surface area (Å²) in [7, 11) is 3.11. The van der Waals surface area contributed by atoms with Crippen LogP contribution in [0.15, 0.2) is 36.5 Å². The number of pyridine rings is 1. The average Bonchev–Trinajstić information content (AvgIpc) is 2.72. The molecule has 1 amide bonds. The van der Waals surface area contributed by atoms with Gasteiger partial charge in [0.2, 0.25) is 0 Å². The van der Waals surface area contributed by atoms with E-state index in [1.165, 1.54) is 0 Å². The van der Waals surface area contributed by atoms with E-state index in [-0.39, 0.29) is 5.91 Å². The number of aromatic nitrogens is 1. The molecule has 2 heterocycles. The van der Waals surface area contributed by atoms with Crippen molar-refractivity contribution in [2.24, 2.45) is 0 Å². The number of hydrogen-bond acceptors (Lipinski definition) is 6. The van der Waals surface area contributed by atoms with Gasteiger partial charge in [0.1, 0.15) is 17.3 Å². The number of rotatable bonds is 6. The van der Waals surface area contributed by atoms with E-state index >= 15 is 0 Å². The molecular weight excluding hydrogens is 334 g/mol. The second kappa shape index (κ2) is 8.53. The monoisotopic (exact) mass is 357 g/mol. The van der Waals surface area contributed by atoms with Gasteiger partial charge in [-0.2, -0.15) is 0 Å². The van der Waals surface area contributed by atoms with Crippen LogP contribution in [0.2, 0.25) is 0 Å². The molecule has 1 aliphatic heterocycles. The zero-order valence-electron chi connectivity index (χ0n) is 15.0. The van der Waals surface area contributed by atoms with Crippen molar-refractivity contribution in [1.29, 1.82) is 0 Å². The molecule has 138 valence electrons. The van der Waals surface area contributed by atoms with Crippen molar-refractivity contribution in [2.75, 3.05) is 45.4 Å². The van der Waals surface area contributed by atoms with Crippen molar-refractivity contribution < 1.29 is 19.0 Å². The van der Waals surface area contributed by atoms with Gasteiger partial charge < -0.3 is 24.4 Å². The first-order valence-electron chi connectivity index (χ1n) is 8.48. The van der Waals surface area contributed by atoms with Crippen LogP contribution in [0.1, 0.15) is 15.9 Å². The van der Waals surface area contributed by atoms with Gasteiger partial charge in [0.15, 0.2) is 0 Å². The minimum atomic E-state index is -0.195. The fourth-order valence-corrected chi connectivity index (χ4v) is 2.72. The Kier molecular flexibility index (Phi) is 5.91. The van der Waals surface area contributed by atoms with Crippen LogP contribution in [0.3, 0.4) is 0 Å². The number of ether oxygens (including phenoxy) is 3. The van der Waals surface area contributed by atoms with Crippen LogP contribution in [-0.2, 0) is 11.3 Å². The van der Waals surface area contributed by atoms with E-state index in [1.807, 2.05) is 12.1 Å². The third kappa shape index (κ3) is 4.43. The molecule has 0 unspecified atom stereocenters. The molecule has 2 aromatic rings. The number of methoxy groups -OCH3 is 2. The number of morpholine rings is 1. The summed E-state index contributed by atoms with van der Waals surface area (Å²) in [6.07, 6.45) is 1.79. The number of nitrogens with one attached hydrogen (secondary N) is 1. The predicted molar refractivity (Wildman–Crippen MR) is 98.0 cm³/mol. The Hall–Kier alpha value is -2.80. The number of amides is 1. The van der Waals surface area contributed by atoms with Crippen molar-refractivity contribution >= 4 is 11.7 Å². The van der Waals surface area contributed by atoms with Crippen LogP contribution in [-0.4, -0.2) is 51.4 Å². The smallest absolute Gasteiger partial charge is 0.251 e. The molecule has 0 bridgehead atoms. The van der Waals surface area contributed by atoms with Gasteiger partial charge in [-0.15, -0.1) is 0 Å². The lowest BCUT2D eigenvalue weighted by Gasteiger charge is -2.27. The van der Waals surface area contributed by atoms with Crippen molar-refractivity contribution in [3.8, 4) is 11.5 Å². The fourth-order valence-electron chi connectivity index (χ4n) is 2.72. The summed E-state index contributed by atoms with van der Waals surface area (Å²) in [6, 6.07) is 9.03. The Morgan fingerprint density at radius 3 is 2.42 bits per heavy atom. The van der Waals surface area contributed by atoms with Crippen LogP contribution >= 0.6 is 0 Å². The normalized spacial score (nSPS) is 14.0. The topological polar surface area (TPSA) is 72.9 Å². The lowest BCUT2D eigenvalue weighted by molar-refractivity contribution is 0.0950. The van der Waals surface area contributed by atoms with E-state index < -0.39 is 0 Å². The fraction of sp³-hybridized carbons (Fsp3) is 0.368. The van der Waals surface area contributed by atoms with Gasteiger partial charge in [-0.3, -0.25) is 4.79 Å². The molecule has 0 atom stereocenters. The van der Waals surface area contributed by atoms with Crippen LogP contribution in [0.25, 0.3) is 0 Å². The van der Waals surface area contributed by atoms with Gasteiger partial charge in [-0.05, 0) is 23.8 Å². The van der Waals surface area contributed by atoms with Crippen LogP contribution in [0.4, 0.5) is 5.82 Å². The maximum atomic E-state index is 12.4. The molecule has 3 rings (SSSR count). The Morgan fingerprint density at radius 1 is 1.15 bits per heavy atom. The molecule has 26 heavy (non-hydrogen) atoms. The van der Waals surface area contributed by atoms with Gasteiger partial charge in [0.25, 0.3) is 5.91 Å². The second-order valence-corrected chi connectivity index (χ2v) is 5.91. The van der Waals surface area contributed by atoms with E-state index in [0.717, 1.165) is 37.7 Å². The molecule has 0 aliphatic carbocycles.